The Morgan fingerprint density at radius 1 is 1.50 bits per heavy atom. The van der Waals surface area contributed by atoms with Gasteiger partial charge >= 0.3 is 0 Å². The number of oxime groups is 1. The molecule has 4 heteroatoms. The van der Waals surface area contributed by atoms with Crippen molar-refractivity contribution in [3.63, 3.8) is 0 Å². The molecule has 1 rings (SSSR count). The molecule has 1 unspecified atom stereocenters. The van der Waals surface area contributed by atoms with Crippen molar-refractivity contribution < 1.29 is 4.84 Å². The lowest BCUT2D eigenvalue weighted by molar-refractivity contribution is 0.219. The zero-order valence-corrected chi connectivity index (χ0v) is 11.2. The van der Waals surface area contributed by atoms with Crippen LogP contribution in [-0.4, -0.2) is 17.2 Å². The average Bonchev–Trinajstić information content (AvgIpc) is 2.35. The predicted octanol–water partition coefficient (Wildman–Crippen LogP) is 2.98. The Morgan fingerprint density at radius 2 is 2.12 bits per heavy atom. The van der Waals surface area contributed by atoms with Gasteiger partial charge in [-0.1, -0.05) is 12.1 Å². The Balaban J connectivity index is 2.48. The highest BCUT2D eigenvalue weighted by molar-refractivity contribution is 7.99. The molecular weight excluding hydrogens is 220 g/mol. The summed E-state index contributed by atoms with van der Waals surface area (Å²) in [6.45, 7) is 6.09. The zero-order valence-electron chi connectivity index (χ0n) is 10.4. The molecule has 0 saturated carbocycles. The maximum atomic E-state index is 5.53. The van der Waals surface area contributed by atoms with E-state index in [1.807, 2.05) is 25.6 Å². The van der Waals surface area contributed by atoms with Gasteiger partial charge in [0.25, 0.3) is 0 Å². The fourth-order valence-corrected chi connectivity index (χ4v) is 2.96. The van der Waals surface area contributed by atoms with Gasteiger partial charge in [-0.25, -0.2) is 0 Å². The van der Waals surface area contributed by atoms with E-state index in [-0.39, 0.29) is 0 Å². The number of nitrogens with zero attached hydrogens (tertiary/aromatic N) is 1. The topological polar surface area (TPSA) is 47.6 Å². The first kappa shape index (κ1) is 13.4. The summed E-state index contributed by atoms with van der Waals surface area (Å²) < 4.78 is 0. The molecule has 1 saturated heterocycles. The number of rotatable bonds is 4. The summed E-state index contributed by atoms with van der Waals surface area (Å²) in [5.74, 6) is 4.16. The molecule has 2 N–H and O–H groups in total. The number of allylic oxidation sites excluding steroid dienone is 1. The standard InChI is InChI=1S/C12H22N2OS/c1-4-12(13)15-14-10(3)9(2)11-5-7-16-8-6-11/h4,9,11H,5-8,13H2,1-3H3/b12-4-,14-10+. The van der Waals surface area contributed by atoms with Gasteiger partial charge in [0.1, 0.15) is 0 Å². The fourth-order valence-electron chi connectivity index (χ4n) is 1.82. The third-order valence-electron chi connectivity index (χ3n) is 3.21. The summed E-state index contributed by atoms with van der Waals surface area (Å²) in [4.78, 5) is 5.09. The van der Waals surface area contributed by atoms with Crippen molar-refractivity contribution in [3.05, 3.63) is 12.0 Å². The van der Waals surface area contributed by atoms with Crippen LogP contribution >= 0.6 is 11.8 Å². The summed E-state index contributed by atoms with van der Waals surface area (Å²) >= 11 is 2.05. The van der Waals surface area contributed by atoms with Crippen molar-refractivity contribution in [2.75, 3.05) is 11.5 Å². The molecule has 0 bridgehead atoms. The Labute approximate surface area is 102 Å². The van der Waals surface area contributed by atoms with Crippen molar-refractivity contribution in [1.29, 1.82) is 0 Å². The molecule has 92 valence electrons. The highest BCUT2D eigenvalue weighted by atomic mass is 32.2. The summed E-state index contributed by atoms with van der Waals surface area (Å²) in [6.07, 6.45) is 4.29. The van der Waals surface area contributed by atoms with Crippen molar-refractivity contribution in [2.24, 2.45) is 22.7 Å². The zero-order chi connectivity index (χ0) is 12.0. The molecule has 0 aromatic carbocycles. The van der Waals surface area contributed by atoms with E-state index in [4.69, 9.17) is 10.6 Å². The van der Waals surface area contributed by atoms with Crippen molar-refractivity contribution in [1.82, 2.24) is 0 Å². The van der Waals surface area contributed by atoms with Crippen LogP contribution in [0.25, 0.3) is 0 Å². The van der Waals surface area contributed by atoms with Crippen LogP contribution in [0.1, 0.15) is 33.6 Å². The van der Waals surface area contributed by atoms with Crippen LogP contribution in [0.4, 0.5) is 0 Å². The quantitative estimate of drug-likeness (QED) is 0.468. The molecule has 0 amide bonds. The predicted molar refractivity (Wildman–Crippen MR) is 71.4 cm³/mol. The Hall–Kier alpha value is -0.640. The van der Waals surface area contributed by atoms with Gasteiger partial charge in [0.2, 0.25) is 5.88 Å². The van der Waals surface area contributed by atoms with Crippen molar-refractivity contribution in [3.8, 4) is 0 Å². The maximum Gasteiger partial charge on any atom is 0.216 e. The summed E-state index contributed by atoms with van der Waals surface area (Å²) in [6, 6.07) is 0. The minimum atomic E-state index is 0.366. The molecule has 16 heavy (non-hydrogen) atoms. The van der Waals surface area contributed by atoms with Gasteiger partial charge in [-0.05, 0) is 50.2 Å². The smallest absolute Gasteiger partial charge is 0.216 e. The van der Waals surface area contributed by atoms with E-state index < -0.39 is 0 Å². The first-order chi connectivity index (χ1) is 7.65. The average molecular weight is 242 g/mol. The van der Waals surface area contributed by atoms with Crippen molar-refractivity contribution in [2.45, 2.75) is 33.6 Å². The molecule has 0 spiro atoms. The number of hydrogen-bond acceptors (Lipinski definition) is 4. The highest BCUT2D eigenvalue weighted by Gasteiger charge is 2.22. The van der Waals surface area contributed by atoms with E-state index in [0.717, 1.165) is 11.6 Å². The molecule has 0 aliphatic carbocycles. The summed E-state index contributed by atoms with van der Waals surface area (Å²) in [5.41, 5.74) is 6.57. The van der Waals surface area contributed by atoms with E-state index in [1.54, 1.807) is 6.08 Å². The maximum absolute atomic E-state index is 5.53. The van der Waals surface area contributed by atoms with Crippen LogP contribution in [0.5, 0.6) is 0 Å². The summed E-state index contributed by atoms with van der Waals surface area (Å²) in [5, 5.41) is 4.09. The van der Waals surface area contributed by atoms with E-state index in [0.29, 0.717) is 11.8 Å². The van der Waals surface area contributed by atoms with Gasteiger partial charge in [0.15, 0.2) is 0 Å². The number of hydrogen-bond donors (Lipinski definition) is 1. The Kier molecular flexibility index (Phi) is 5.74. The molecule has 0 aromatic rings. The normalized spacial score (nSPS) is 21.9. The third-order valence-corrected chi connectivity index (χ3v) is 4.26. The lowest BCUT2D eigenvalue weighted by Gasteiger charge is -2.26. The van der Waals surface area contributed by atoms with Crippen LogP contribution in [0.2, 0.25) is 0 Å². The number of nitrogens with two attached hydrogens (primary N) is 1. The van der Waals surface area contributed by atoms with Crippen LogP contribution in [0.3, 0.4) is 0 Å². The third kappa shape index (κ3) is 4.08. The van der Waals surface area contributed by atoms with Gasteiger partial charge in [-0.2, -0.15) is 11.8 Å². The highest BCUT2D eigenvalue weighted by Crippen LogP contribution is 2.29. The van der Waals surface area contributed by atoms with Gasteiger partial charge in [-0.15, -0.1) is 0 Å². The molecular formula is C12H22N2OS. The van der Waals surface area contributed by atoms with Crippen LogP contribution in [0, 0.1) is 11.8 Å². The second-order valence-electron chi connectivity index (χ2n) is 4.25. The lowest BCUT2D eigenvalue weighted by atomic mass is 9.86. The van der Waals surface area contributed by atoms with E-state index in [9.17, 15) is 0 Å². The SMILES string of the molecule is C/C=C(/N)O/N=C(\C)C(C)C1CCSCC1. The van der Waals surface area contributed by atoms with Gasteiger partial charge in [0, 0.05) is 5.92 Å². The Morgan fingerprint density at radius 3 is 2.69 bits per heavy atom. The van der Waals surface area contributed by atoms with Crippen LogP contribution in [-0.2, 0) is 4.84 Å². The first-order valence-electron chi connectivity index (χ1n) is 5.86. The molecule has 0 radical (unpaired) electrons. The molecule has 1 fully saturated rings. The monoisotopic (exact) mass is 242 g/mol. The summed E-state index contributed by atoms with van der Waals surface area (Å²) in [7, 11) is 0. The van der Waals surface area contributed by atoms with Crippen LogP contribution in [0.15, 0.2) is 17.1 Å². The number of thioether (sulfide) groups is 1. The minimum Gasteiger partial charge on any atom is -0.368 e. The van der Waals surface area contributed by atoms with Gasteiger partial charge in [0.05, 0.1) is 5.71 Å². The molecule has 1 aliphatic heterocycles. The molecule has 3 nitrogen and oxygen atoms in total. The van der Waals surface area contributed by atoms with E-state index in [1.165, 1.54) is 24.3 Å². The largest absolute Gasteiger partial charge is 0.368 e. The second kappa shape index (κ2) is 6.84. The molecule has 1 atom stereocenters. The minimum absolute atomic E-state index is 0.366. The molecule has 1 heterocycles. The first-order valence-corrected chi connectivity index (χ1v) is 7.01. The molecule has 1 aliphatic rings. The fraction of sp³-hybridized carbons (Fsp3) is 0.750. The van der Waals surface area contributed by atoms with E-state index in [2.05, 4.69) is 12.1 Å². The van der Waals surface area contributed by atoms with Crippen LogP contribution < -0.4 is 5.73 Å². The Bertz CT molecular complexity index is 270. The lowest BCUT2D eigenvalue weighted by Crippen LogP contribution is -2.23. The molecule has 0 aromatic heterocycles. The van der Waals surface area contributed by atoms with Crippen molar-refractivity contribution >= 4 is 17.5 Å². The second-order valence-corrected chi connectivity index (χ2v) is 5.48. The van der Waals surface area contributed by atoms with Gasteiger partial charge < -0.3 is 10.6 Å². The van der Waals surface area contributed by atoms with Gasteiger partial charge in [-0.3, -0.25) is 0 Å². The van der Waals surface area contributed by atoms with E-state index >= 15 is 0 Å².